The molecule has 18 heavy (non-hydrogen) atoms. The third-order valence-corrected chi connectivity index (χ3v) is 1.91. The van der Waals surface area contributed by atoms with E-state index in [1.807, 2.05) is 6.08 Å². The van der Waals surface area contributed by atoms with E-state index in [1.54, 1.807) is 24.7 Å². The molecule has 0 unspecified atom stereocenters. The van der Waals surface area contributed by atoms with Gasteiger partial charge in [-0.05, 0) is 12.5 Å². The highest BCUT2D eigenvalue weighted by Gasteiger charge is 2.06. The van der Waals surface area contributed by atoms with E-state index in [0.29, 0.717) is 12.3 Å². The molecule has 1 aliphatic heterocycles. The van der Waals surface area contributed by atoms with E-state index in [-0.39, 0.29) is 13.2 Å². The molecule has 1 N–H and O–H groups in total. The van der Waals surface area contributed by atoms with Crippen LogP contribution in [0.4, 0.5) is 0 Å². The molecule has 8 heteroatoms. The van der Waals surface area contributed by atoms with Crippen molar-refractivity contribution in [1.82, 2.24) is 5.32 Å². The maximum absolute atomic E-state index is 9.94. The predicted molar refractivity (Wildman–Crippen MR) is 64.3 cm³/mol. The largest absolute Gasteiger partial charge is 0.312 e. The summed E-state index contributed by atoms with van der Waals surface area (Å²) in [6, 6.07) is 0. The van der Waals surface area contributed by atoms with Crippen molar-refractivity contribution in [3.05, 3.63) is 34.0 Å². The highest BCUT2D eigenvalue weighted by Crippen LogP contribution is 2.07. The third-order valence-electron chi connectivity index (χ3n) is 1.91. The zero-order valence-corrected chi connectivity index (χ0v) is 9.44. The first kappa shape index (κ1) is 13.4. The number of amidine groups is 1. The zero-order chi connectivity index (χ0) is 13.2. The Morgan fingerprint density at radius 3 is 3.33 bits per heavy atom. The van der Waals surface area contributed by atoms with Crippen LogP contribution in [0.2, 0.25) is 0 Å². The quantitative estimate of drug-likeness (QED) is 0.146. The van der Waals surface area contributed by atoms with E-state index in [4.69, 9.17) is 5.26 Å². The second-order valence-electron chi connectivity index (χ2n) is 3.11. The molecule has 0 saturated carbocycles. The number of hydrogen-bond donors (Lipinski definition) is 1. The highest BCUT2D eigenvalue weighted by atomic mass is 16.9. The minimum absolute atomic E-state index is 0.0791. The molecule has 0 bridgehead atoms. The minimum Gasteiger partial charge on any atom is -0.312 e. The summed E-state index contributed by atoms with van der Waals surface area (Å²) >= 11 is 0. The van der Waals surface area contributed by atoms with Gasteiger partial charge in [-0.2, -0.15) is 5.26 Å². The van der Waals surface area contributed by atoms with Crippen molar-refractivity contribution in [3.63, 3.8) is 0 Å². The van der Waals surface area contributed by atoms with E-state index in [1.165, 1.54) is 0 Å². The molecule has 1 aliphatic rings. The Morgan fingerprint density at radius 1 is 1.78 bits per heavy atom. The average molecular weight is 249 g/mol. The maximum atomic E-state index is 9.94. The molecule has 0 spiro atoms. The first-order chi connectivity index (χ1) is 8.74. The molecular weight excluding hydrogens is 238 g/mol. The Morgan fingerprint density at radius 2 is 2.61 bits per heavy atom. The van der Waals surface area contributed by atoms with Gasteiger partial charge >= 0.3 is 0 Å². The summed E-state index contributed by atoms with van der Waals surface area (Å²) < 4.78 is 0. The van der Waals surface area contributed by atoms with E-state index in [2.05, 4.69) is 20.1 Å². The molecule has 1 rings (SSSR count). The van der Waals surface area contributed by atoms with Gasteiger partial charge in [0.1, 0.15) is 12.4 Å². The van der Waals surface area contributed by atoms with Crippen LogP contribution in [0.5, 0.6) is 0 Å². The summed E-state index contributed by atoms with van der Waals surface area (Å²) in [6.45, 7) is -0.0776. The summed E-state index contributed by atoms with van der Waals surface area (Å²) in [6.07, 6.45) is 9.18. The Hall–Kier alpha value is -2.69. The van der Waals surface area contributed by atoms with Crippen LogP contribution in [0.1, 0.15) is 6.42 Å². The predicted octanol–water partition coefficient (Wildman–Crippen LogP) is 0.578. The van der Waals surface area contributed by atoms with Crippen molar-refractivity contribution >= 4 is 12.1 Å². The van der Waals surface area contributed by atoms with Crippen molar-refractivity contribution in [3.8, 4) is 6.19 Å². The number of hydrogen-bond acceptors (Lipinski definition) is 6. The van der Waals surface area contributed by atoms with Crippen LogP contribution in [0.15, 0.2) is 33.9 Å². The summed E-state index contributed by atoms with van der Waals surface area (Å²) in [5.41, 5.74) is 0.725. The molecule has 0 aromatic carbocycles. The lowest BCUT2D eigenvalue weighted by Crippen LogP contribution is -2.21. The lowest BCUT2D eigenvalue weighted by molar-refractivity contribution is -0.757. The van der Waals surface area contributed by atoms with E-state index >= 15 is 0 Å². The molecule has 0 fully saturated rings. The molecule has 0 aromatic heterocycles. The lowest BCUT2D eigenvalue weighted by atomic mass is 10.2. The summed E-state index contributed by atoms with van der Waals surface area (Å²) in [7, 11) is 0. The number of rotatable bonds is 5. The van der Waals surface area contributed by atoms with Crippen LogP contribution in [0.25, 0.3) is 0 Å². The zero-order valence-electron chi connectivity index (χ0n) is 9.44. The fraction of sp³-hybridized carbons (Fsp3) is 0.300. The fourth-order valence-corrected chi connectivity index (χ4v) is 1.20. The molecule has 0 amide bonds. The van der Waals surface area contributed by atoms with Gasteiger partial charge in [0.2, 0.25) is 0 Å². The van der Waals surface area contributed by atoms with Crippen molar-refractivity contribution < 1.29 is 9.92 Å². The van der Waals surface area contributed by atoms with Crippen LogP contribution in [-0.4, -0.2) is 30.3 Å². The number of nitriles is 1. The number of nitrogens with one attached hydrogen (secondary N) is 1. The second kappa shape index (κ2) is 7.56. The van der Waals surface area contributed by atoms with E-state index in [0.717, 1.165) is 5.57 Å². The number of aliphatic imine (C=N–C) groups is 2. The van der Waals surface area contributed by atoms with Gasteiger partial charge in [0.25, 0.3) is 5.09 Å². The standard InChI is InChI=1S/C10H11N5O3/c11-8-14-10(13-5-6-18-15(16)17)9-3-1-2-4-12-7-9/h1-2,4,7H,3,5-6H2,(H,13,14). The molecule has 0 saturated heterocycles. The van der Waals surface area contributed by atoms with Gasteiger partial charge in [-0.25, -0.2) is 0 Å². The summed E-state index contributed by atoms with van der Waals surface area (Å²) in [4.78, 5) is 22.1. The Labute approximate surface area is 103 Å². The van der Waals surface area contributed by atoms with Crippen molar-refractivity contribution in [2.24, 2.45) is 9.98 Å². The topological polar surface area (TPSA) is 113 Å². The molecule has 0 radical (unpaired) electrons. The van der Waals surface area contributed by atoms with Crippen LogP contribution in [0.3, 0.4) is 0 Å². The number of nitrogens with zero attached hydrogens (tertiary/aromatic N) is 4. The normalized spacial score (nSPS) is 14.4. The molecule has 0 aromatic rings. The molecule has 8 nitrogen and oxygen atoms in total. The lowest BCUT2D eigenvalue weighted by Gasteiger charge is -2.05. The Bertz CT molecular complexity index is 459. The van der Waals surface area contributed by atoms with E-state index in [9.17, 15) is 10.1 Å². The van der Waals surface area contributed by atoms with Gasteiger partial charge in [-0.3, -0.25) is 15.3 Å². The van der Waals surface area contributed by atoms with Gasteiger partial charge in [-0.15, -0.1) is 10.1 Å². The Kier molecular flexibility index (Phi) is 5.62. The molecule has 0 aliphatic carbocycles. The summed E-state index contributed by atoms with van der Waals surface area (Å²) in [5, 5.41) is 20.1. The van der Waals surface area contributed by atoms with Crippen LogP contribution in [0, 0.1) is 21.6 Å². The monoisotopic (exact) mass is 249 g/mol. The van der Waals surface area contributed by atoms with E-state index < -0.39 is 5.09 Å². The van der Waals surface area contributed by atoms with Gasteiger partial charge < -0.3 is 4.84 Å². The number of allylic oxidation sites excluding steroid dienone is 2. The second-order valence-corrected chi connectivity index (χ2v) is 3.11. The van der Waals surface area contributed by atoms with Crippen LogP contribution in [-0.2, 0) is 4.84 Å². The summed E-state index contributed by atoms with van der Waals surface area (Å²) in [5.74, 6) is 0.341. The SMILES string of the molecule is N#CNC(=NCCO[N+](=O)[O-])C1=CN=CC=CC1. The first-order valence-electron chi connectivity index (χ1n) is 5.08. The highest BCUT2D eigenvalue weighted by molar-refractivity contribution is 5.99. The van der Waals surface area contributed by atoms with Crippen molar-refractivity contribution in [1.29, 1.82) is 5.26 Å². The fourth-order valence-electron chi connectivity index (χ4n) is 1.20. The van der Waals surface area contributed by atoms with Crippen LogP contribution < -0.4 is 5.32 Å². The minimum atomic E-state index is -0.884. The van der Waals surface area contributed by atoms with Gasteiger partial charge in [0.15, 0.2) is 6.19 Å². The molecule has 0 atom stereocenters. The Balaban J connectivity index is 2.64. The maximum Gasteiger partial charge on any atom is 0.294 e. The third kappa shape index (κ3) is 4.89. The van der Waals surface area contributed by atoms with Crippen molar-refractivity contribution in [2.45, 2.75) is 6.42 Å². The van der Waals surface area contributed by atoms with Crippen LogP contribution >= 0.6 is 0 Å². The van der Waals surface area contributed by atoms with Crippen molar-refractivity contribution in [2.75, 3.05) is 13.2 Å². The smallest absolute Gasteiger partial charge is 0.294 e. The average Bonchev–Trinajstić information content (AvgIpc) is 2.61. The van der Waals surface area contributed by atoms with Gasteiger partial charge in [-0.1, -0.05) is 6.08 Å². The van der Waals surface area contributed by atoms with Gasteiger partial charge in [0, 0.05) is 18.0 Å². The first-order valence-corrected chi connectivity index (χ1v) is 5.08. The molecule has 1 heterocycles. The van der Waals surface area contributed by atoms with Gasteiger partial charge in [0.05, 0.1) is 6.54 Å². The molecular formula is C10H11N5O3. The molecule has 94 valence electrons.